The fourth-order valence-corrected chi connectivity index (χ4v) is 4.02. The van der Waals surface area contributed by atoms with Gasteiger partial charge in [-0.1, -0.05) is 60.2 Å². The standard InChI is InChI=1S/C28H29N3O4/c1-18(2)29-27(33)24-25(35-28(34)31(24)17-20-7-5-4-6-8-20)21-13-15-23(16-14-21)30-26(32)22-11-9-19(3)10-12-22/h4-16,18,24-25H,17H2,1-3H3,(H,29,33)(H,30,32)/t24-,25-/m0/s1. The van der Waals surface area contributed by atoms with Crippen LogP contribution in [0.3, 0.4) is 0 Å². The largest absolute Gasteiger partial charge is 0.438 e. The number of carbonyl (C=O) groups is 3. The van der Waals surface area contributed by atoms with Gasteiger partial charge in [-0.05, 0) is 56.2 Å². The van der Waals surface area contributed by atoms with Crippen molar-refractivity contribution in [1.82, 2.24) is 10.2 Å². The number of nitrogens with zero attached hydrogens (tertiary/aromatic N) is 1. The normalized spacial score (nSPS) is 17.3. The first-order valence-electron chi connectivity index (χ1n) is 11.6. The van der Waals surface area contributed by atoms with E-state index in [1.165, 1.54) is 4.90 Å². The summed E-state index contributed by atoms with van der Waals surface area (Å²) in [7, 11) is 0. The lowest BCUT2D eigenvalue weighted by Gasteiger charge is -2.25. The van der Waals surface area contributed by atoms with Gasteiger partial charge < -0.3 is 15.4 Å². The summed E-state index contributed by atoms with van der Waals surface area (Å²) in [4.78, 5) is 40.0. The van der Waals surface area contributed by atoms with Crippen LogP contribution >= 0.6 is 0 Å². The van der Waals surface area contributed by atoms with E-state index in [2.05, 4.69) is 10.6 Å². The molecule has 180 valence electrons. The van der Waals surface area contributed by atoms with Gasteiger partial charge in [-0.15, -0.1) is 0 Å². The van der Waals surface area contributed by atoms with Crippen molar-refractivity contribution in [3.8, 4) is 0 Å². The van der Waals surface area contributed by atoms with Crippen LogP contribution in [0.15, 0.2) is 78.9 Å². The highest BCUT2D eigenvalue weighted by Gasteiger charge is 2.47. The van der Waals surface area contributed by atoms with Gasteiger partial charge in [0.25, 0.3) is 5.91 Å². The lowest BCUT2D eigenvalue weighted by Crippen LogP contribution is -2.48. The molecular formula is C28H29N3O4. The highest BCUT2D eigenvalue weighted by atomic mass is 16.6. The molecule has 0 saturated carbocycles. The van der Waals surface area contributed by atoms with E-state index >= 15 is 0 Å². The predicted molar refractivity (Wildman–Crippen MR) is 134 cm³/mol. The van der Waals surface area contributed by atoms with Gasteiger partial charge in [0.05, 0.1) is 6.54 Å². The predicted octanol–water partition coefficient (Wildman–Crippen LogP) is 4.83. The smallest absolute Gasteiger partial charge is 0.411 e. The van der Waals surface area contributed by atoms with Crippen LogP contribution in [0.4, 0.5) is 10.5 Å². The Morgan fingerprint density at radius 2 is 1.60 bits per heavy atom. The number of anilines is 1. The highest BCUT2D eigenvalue weighted by Crippen LogP contribution is 2.34. The number of hydrogen-bond donors (Lipinski definition) is 2. The van der Waals surface area contributed by atoms with Gasteiger partial charge in [-0.3, -0.25) is 14.5 Å². The molecular weight excluding hydrogens is 442 g/mol. The third-order valence-electron chi connectivity index (χ3n) is 5.79. The lowest BCUT2D eigenvalue weighted by molar-refractivity contribution is -0.126. The van der Waals surface area contributed by atoms with Crippen molar-refractivity contribution < 1.29 is 19.1 Å². The van der Waals surface area contributed by atoms with Crippen molar-refractivity contribution in [2.75, 3.05) is 5.32 Å². The maximum absolute atomic E-state index is 13.1. The Kier molecular flexibility index (Phi) is 7.15. The molecule has 0 unspecified atom stereocenters. The molecule has 3 aromatic carbocycles. The fourth-order valence-electron chi connectivity index (χ4n) is 4.02. The zero-order valence-electron chi connectivity index (χ0n) is 20.0. The molecule has 2 atom stereocenters. The summed E-state index contributed by atoms with van der Waals surface area (Å²) in [5.74, 6) is -0.489. The van der Waals surface area contributed by atoms with Gasteiger partial charge in [-0.2, -0.15) is 0 Å². The number of aryl methyl sites for hydroxylation is 1. The summed E-state index contributed by atoms with van der Waals surface area (Å²) < 4.78 is 5.69. The average molecular weight is 472 g/mol. The Morgan fingerprint density at radius 3 is 2.23 bits per heavy atom. The molecule has 0 aromatic heterocycles. The topological polar surface area (TPSA) is 87.7 Å². The van der Waals surface area contributed by atoms with Gasteiger partial charge in [0.15, 0.2) is 12.1 Å². The minimum Gasteiger partial charge on any atom is -0.438 e. The summed E-state index contributed by atoms with van der Waals surface area (Å²) in [5.41, 5.74) is 3.82. The van der Waals surface area contributed by atoms with Crippen LogP contribution in [0.25, 0.3) is 0 Å². The van der Waals surface area contributed by atoms with Gasteiger partial charge in [-0.25, -0.2) is 4.79 Å². The summed E-state index contributed by atoms with van der Waals surface area (Å²) >= 11 is 0. The minimum absolute atomic E-state index is 0.0863. The van der Waals surface area contributed by atoms with Crippen LogP contribution < -0.4 is 10.6 Å². The molecule has 1 aliphatic heterocycles. The summed E-state index contributed by atoms with van der Waals surface area (Å²) in [6, 6.07) is 22.9. The molecule has 1 aliphatic rings. The summed E-state index contributed by atoms with van der Waals surface area (Å²) in [6.07, 6.45) is -1.31. The molecule has 4 rings (SSSR count). The van der Waals surface area contributed by atoms with E-state index in [0.29, 0.717) is 16.8 Å². The molecule has 1 heterocycles. The Hall–Kier alpha value is -4.13. The second-order valence-electron chi connectivity index (χ2n) is 8.97. The van der Waals surface area contributed by atoms with Crippen LogP contribution in [0, 0.1) is 6.92 Å². The van der Waals surface area contributed by atoms with Crippen molar-refractivity contribution in [1.29, 1.82) is 0 Å². The molecule has 7 heteroatoms. The minimum atomic E-state index is -0.821. The van der Waals surface area contributed by atoms with Gasteiger partial charge >= 0.3 is 6.09 Å². The van der Waals surface area contributed by atoms with Crippen molar-refractivity contribution in [2.24, 2.45) is 0 Å². The van der Waals surface area contributed by atoms with Gasteiger partial charge in [0.2, 0.25) is 5.91 Å². The SMILES string of the molecule is Cc1ccc(C(=O)Nc2ccc([C@@H]3OC(=O)N(Cc4ccccc4)[C@@H]3C(=O)NC(C)C)cc2)cc1. The molecule has 0 aliphatic carbocycles. The molecule has 0 spiro atoms. The average Bonchev–Trinajstić information content (AvgIpc) is 3.16. The van der Waals surface area contributed by atoms with E-state index < -0.39 is 18.2 Å². The Morgan fingerprint density at radius 1 is 0.943 bits per heavy atom. The molecule has 35 heavy (non-hydrogen) atoms. The molecule has 1 fully saturated rings. The first-order valence-corrected chi connectivity index (χ1v) is 11.6. The van der Waals surface area contributed by atoms with Crippen molar-refractivity contribution in [3.63, 3.8) is 0 Å². The van der Waals surface area contributed by atoms with Crippen LogP contribution in [-0.4, -0.2) is 34.9 Å². The fraction of sp³-hybridized carbons (Fsp3) is 0.250. The third kappa shape index (κ3) is 5.69. The van der Waals surface area contributed by atoms with E-state index in [1.807, 2.05) is 63.2 Å². The number of carbonyl (C=O) groups excluding carboxylic acids is 3. The Balaban J connectivity index is 1.54. The molecule has 2 N–H and O–H groups in total. The molecule has 7 nitrogen and oxygen atoms in total. The van der Waals surface area contributed by atoms with Crippen molar-refractivity contribution >= 4 is 23.6 Å². The van der Waals surface area contributed by atoms with E-state index in [1.54, 1.807) is 36.4 Å². The first kappa shape index (κ1) is 24.0. The third-order valence-corrected chi connectivity index (χ3v) is 5.79. The van der Waals surface area contributed by atoms with Crippen molar-refractivity contribution in [2.45, 2.75) is 45.5 Å². The number of benzene rings is 3. The van der Waals surface area contributed by atoms with E-state index in [4.69, 9.17) is 4.74 Å². The second-order valence-corrected chi connectivity index (χ2v) is 8.97. The second kappa shape index (κ2) is 10.4. The molecule has 0 radical (unpaired) electrons. The van der Waals surface area contributed by atoms with E-state index in [-0.39, 0.29) is 24.4 Å². The quantitative estimate of drug-likeness (QED) is 0.517. The Labute approximate surface area is 205 Å². The van der Waals surface area contributed by atoms with Crippen LogP contribution in [0.5, 0.6) is 0 Å². The molecule has 1 saturated heterocycles. The maximum atomic E-state index is 13.1. The van der Waals surface area contributed by atoms with Gasteiger partial charge in [0, 0.05) is 17.3 Å². The van der Waals surface area contributed by atoms with Crippen molar-refractivity contribution in [3.05, 3.63) is 101 Å². The summed E-state index contributed by atoms with van der Waals surface area (Å²) in [6.45, 7) is 5.97. The maximum Gasteiger partial charge on any atom is 0.411 e. The number of ether oxygens (including phenoxy) is 1. The zero-order chi connectivity index (χ0) is 24.9. The number of nitrogens with one attached hydrogen (secondary N) is 2. The van der Waals surface area contributed by atoms with Crippen LogP contribution in [-0.2, 0) is 16.1 Å². The monoisotopic (exact) mass is 471 g/mol. The Bertz CT molecular complexity index is 1190. The lowest BCUT2D eigenvalue weighted by atomic mass is 10.00. The van der Waals surface area contributed by atoms with Crippen LogP contribution in [0.1, 0.15) is 47.0 Å². The van der Waals surface area contributed by atoms with Gasteiger partial charge in [0.1, 0.15) is 0 Å². The zero-order valence-corrected chi connectivity index (χ0v) is 20.0. The molecule has 3 amide bonds. The molecule has 3 aromatic rings. The number of amides is 3. The van der Waals surface area contributed by atoms with E-state index in [9.17, 15) is 14.4 Å². The molecule has 0 bridgehead atoms. The first-order chi connectivity index (χ1) is 16.8. The highest BCUT2D eigenvalue weighted by molar-refractivity contribution is 6.04. The van der Waals surface area contributed by atoms with E-state index in [0.717, 1.165) is 11.1 Å². The number of hydrogen-bond acceptors (Lipinski definition) is 4. The number of cyclic esters (lactones) is 1. The summed E-state index contributed by atoms with van der Waals surface area (Å²) in [5, 5.41) is 5.78. The number of rotatable bonds is 7. The van der Waals surface area contributed by atoms with Crippen LogP contribution in [0.2, 0.25) is 0 Å².